The molecule has 65 heavy (non-hydrogen) atoms. The van der Waals surface area contributed by atoms with Gasteiger partial charge in [-0.3, -0.25) is 29.2 Å². The molecule has 0 aliphatic carbocycles. The average Bonchev–Trinajstić information content (AvgIpc) is 3.74. The number of hydrogen-bond donors (Lipinski definition) is 4. The number of benzene rings is 2. The Morgan fingerprint density at radius 2 is 1.57 bits per heavy atom. The van der Waals surface area contributed by atoms with Gasteiger partial charge in [0.05, 0.1) is 11.3 Å². The van der Waals surface area contributed by atoms with Crippen LogP contribution in [0.4, 0.5) is 40.6 Å². The third kappa shape index (κ3) is 9.17. The number of nitrogens with one attached hydrogen (secondary N) is 4. The van der Waals surface area contributed by atoms with Gasteiger partial charge in [-0.2, -0.15) is 21.5 Å². The molecule has 0 saturated carbocycles. The molecule has 0 spiro atoms. The van der Waals surface area contributed by atoms with E-state index in [1.807, 2.05) is 21.8 Å². The molecule has 4 N–H and O–H groups in total. The summed E-state index contributed by atoms with van der Waals surface area (Å²) in [6.45, 7) is 2.81. The van der Waals surface area contributed by atoms with Crippen LogP contribution in [0.25, 0.3) is 22.2 Å². The van der Waals surface area contributed by atoms with Gasteiger partial charge < -0.3 is 25.0 Å². The Morgan fingerprint density at radius 3 is 2.23 bits per heavy atom. The van der Waals surface area contributed by atoms with E-state index < -0.39 is 62.7 Å². The molecule has 5 aromatic rings. The minimum Gasteiger partial charge on any atom is -0.374 e. The molecule has 17 nitrogen and oxygen atoms in total. The molecular formula is C43H45F4N11O6S. The lowest BCUT2D eigenvalue weighted by molar-refractivity contribution is -0.167. The lowest BCUT2D eigenvalue weighted by Crippen LogP contribution is -2.56. The number of carbonyl (C=O) groups excluding carboxylic acids is 4. The molecule has 3 saturated heterocycles. The fourth-order valence-electron chi connectivity index (χ4n) is 8.14. The quantitative estimate of drug-likeness (QED) is 0.0730. The second kappa shape index (κ2) is 18.1. The fraction of sp³-hybridized carbons (Fsp3) is 0.372. The Kier molecular flexibility index (Phi) is 12.5. The van der Waals surface area contributed by atoms with Gasteiger partial charge in [0.25, 0.3) is 5.91 Å². The summed E-state index contributed by atoms with van der Waals surface area (Å²) in [4.78, 5) is 71.5. The van der Waals surface area contributed by atoms with Crippen molar-refractivity contribution in [2.24, 2.45) is 5.92 Å². The van der Waals surface area contributed by atoms with Gasteiger partial charge in [0.15, 0.2) is 5.82 Å². The molecule has 3 amide bonds. The van der Waals surface area contributed by atoms with E-state index in [9.17, 15) is 27.6 Å². The fourth-order valence-corrected chi connectivity index (χ4v) is 9.07. The van der Waals surface area contributed by atoms with Gasteiger partial charge in [0, 0.05) is 123 Å². The maximum absolute atomic E-state index is 15.8. The first-order chi connectivity index (χ1) is 31.0. The number of rotatable bonds is 13. The number of anilines is 4. The van der Waals surface area contributed by atoms with Crippen molar-refractivity contribution < 1.29 is 45.2 Å². The highest BCUT2D eigenvalue weighted by Gasteiger charge is 2.50. The predicted molar refractivity (Wildman–Crippen MR) is 233 cm³/mol. The van der Waals surface area contributed by atoms with Crippen LogP contribution in [0.3, 0.4) is 0 Å². The molecule has 3 fully saturated rings. The number of nitrogens with zero attached hydrogens (tertiary/aromatic N) is 7. The minimum atomic E-state index is -4.18. The van der Waals surface area contributed by atoms with E-state index >= 15 is 17.6 Å². The van der Waals surface area contributed by atoms with Gasteiger partial charge in [-0.1, -0.05) is 6.92 Å². The van der Waals surface area contributed by atoms with E-state index in [0.29, 0.717) is 42.3 Å². The Morgan fingerprint density at radius 1 is 0.892 bits per heavy atom. The zero-order valence-electron chi connectivity index (χ0n) is 35.3. The van der Waals surface area contributed by atoms with Crippen LogP contribution in [0.1, 0.15) is 48.5 Å². The molecule has 0 radical (unpaired) electrons. The normalized spacial score (nSPS) is 17.7. The monoisotopic (exact) mass is 919 g/mol. The smallest absolute Gasteiger partial charge is 0.327 e. The van der Waals surface area contributed by atoms with Gasteiger partial charge >= 0.3 is 16.1 Å². The number of hydrogen-bond acceptors (Lipinski definition) is 12. The predicted octanol–water partition coefficient (Wildman–Crippen LogP) is 4.56. The Labute approximate surface area is 370 Å². The standard InChI is InChI=1S/C43H45F4N11O6S/c1-3-55(2)65(63,64)54-33-9-8-32(44)36(37(33)45)38(60)31-24-49-39-30(31)20-25(21-48-39)26-22-50-42(51-23-26)58-18-16-57(17-19-58)41(62)43(46,47)27-12-14-56(15-13-27)29-6-4-28(5-7-29)52-34-10-11-35(59)53-40(34)61/h4-9,20-24,27,34,52,54H,3,10-19H2,1-2H3,(H,48,49)(H,53,59,61). The van der Waals surface area contributed by atoms with Crippen molar-refractivity contribution in [3.63, 3.8) is 0 Å². The lowest BCUT2D eigenvalue weighted by Gasteiger charge is -2.40. The second-order valence-corrected chi connectivity index (χ2v) is 17.9. The number of carbonyl (C=O) groups is 4. The highest BCUT2D eigenvalue weighted by molar-refractivity contribution is 7.90. The number of aromatic nitrogens is 4. The molecule has 3 aliphatic rings. The third-order valence-electron chi connectivity index (χ3n) is 12.1. The van der Waals surface area contributed by atoms with Crippen molar-refractivity contribution >= 4 is 67.8 Å². The zero-order chi connectivity index (χ0) is 46.2. The Hall–Kier alpha value is -6.68. The van der Waals surface area contributed by atoms with Crippen molar-refractivity contribution in [2.75, 3.05) is 72.7 Å². The number of aromatic amines is 1. The maximum atomic E-state index is 15.8. The van der Waals surface area contributed by atoms with Crippen molar-refractivity contribution in [1.29, 1.82) is 0 Å². The molecule has 1 unspecified atom stereocenters. The molecule has 8 rings (SSSR count). The Balaban J connectivity index is 0.860. The van der Waals surface area contributed by atoms with Crippen LogP contribution in [0.2, 0.25) is 0 Å². The largest absolute Gasteiger partial charge is 0.374 e. The van der Waals surface area contributed by atoms with Crippen LogP contribution in [0, 0.1) is 17.6 Å². The number of H-pyrrole nitrogens is 1. The highest BCUT2D eigenvalue weighted by Crippen LogP contribution is 2.37. The SMILES string of the molecule is CCN(C)S(=O)(=O)Nc1ccc(F)c(C(=O)c2c[nH]c3ncc(-c4cnc(N5CCN(C(=O)C(F)(F)C6CCN(c7ccc(NC8CCC(=O)NC8=O)cc7)CC6)CC5)nc4)cc23)c1F. The van der Waals surface area contributed by atoms with Crippen molar-refractivity contribution in [2.45, 2.75) is 44.6 Å². The van der Waals surface area contributed by atoms with E-state index in [4.69, 9.17) is 0 Å². The summed E-state index contributed by atoms with van der Waals surface area (Å²) < 4.78 is 90.2. The van der Waals surface area contributed by atoms with Gasteiger partial charge in [-0.05, 0) is 61.7 Å². The van der Waals surface area contributed by atoms with Gasteiger partial charge in [-0.15, -0.1) is 0 Å². The Bertz CT molecular complexity index is 2740. The summed E-state index contributed by atoms with van der Waals surface area (Å²) >= 11 is 0. The molecule has 0 bridgehead atoms. The molecule has 22 heteroatoms. The number of piperidine rings is 2. The van der Waals surface area contributed by atoms with Crippen molar-refractivity contribution in [3.05, 3.63) is 90.0 Å². The lowest BCUT2D eigenvalue weighted by atomic mass is 9.89. The average molecular weight is 920 g/mol. The summed E-state index contributed by atoms with van der Waals surface area (Å²) in [6.07, 6.45) is 6.63. The zero-order valence-corrected chi connectivity index (χ0v) is 36.1. The van der Waals surface area contributed by atoms with Crippen LogP contribution in [0.5, 0.6) is 0 Å². The van der Waals surface area contributed by atoms with Crippen molar-refractivity contribution in [3.8, 4) is 11.1 Å². The van der Waals surface area contributed by atoms with Crippen LogP contribution >= 0.6 is 0 Å². The minimum absolute atomic E-state index is 0.0359. The molecule has 3 aromatic heterocycles. The second-order valence-electron chi connectivity index (χ2n) is 16.1. The topological polar surface area (TPSA) is 206 Å². The van der Waals surface area contributed by atoms with Crippen LogP contribution < -0.4 is 25.2 Å². The van der Waals surface area contributed by atoms with Gasteiger partial charge in [0.2, 0.25) is 23.5 Å². The summed E-state index contributed by atoms with van der Waals surface area (Å²) in [5.41, 5.74) is 1.03. The molecule has 6 heterocycles. The molecule has 3 aliphatic heterocycles. The third-order valence-corrected chi connectivity index (χ3v) is 13.7. The number of pyridine rings is 1. The van der Waals surface area contributed by atoms with E-state index in [1.54, 1.807) is 30.0 Å². The molecular weight excluding hydrogens is 875 g/mol. The van der Waals surface area contributed by atoms with Crippen molar-refractivity contribution in [1.82, 2.24) is 34.5 Å². The van der Waals surface area contributed by atoms with E-state index in [-0.39, 0.29) is 80.4 Å². The summed E-state index contributed by atoms with van der Waals surface area (Å²) in [6, 6.07) is 10.0. The maximum Gasteiger partial charge on any atom is 0.327 e. The first kappa shape index (κ1) is 44.9. The number of halogens is 4. The number of amides is 3. The molecule has 2 aromatic carbocycles. The van der Waals surface area contributed by atoms with Gasteiger partial charge in [-0.25, -0.2) is 23.7 Å². The summed E-state index contributed by atoms with van der Waals surface area (Å²) in [5, 5.41) is 5.66. The van der Waals surface area contributed by atoms with E-state index in [0.717, 1.165) is 22.1 Å². The van der Waals surface area contributed by atoms with E-state index in [2.05, 4.69) is 30.6 Å². The number of fused-ring (bicyclic) bond motifs is 1. The van der Waals surface area contributed by atoms with E-state index in [1.165, 1.54) is 36.7 Å². The number of ketones is 1. The molecule has 342 valence electrons. The number of alkyl halides is 2. The number of imide groups is 1. The number of piperazine rings is 1. The summed E-state index contributed by atoms with van der Waals surface area (Å²) in [5.74, 6) is -9.89. The van der Waals surface area contributed by atoms with Crippen LogP contribution in [0.15, 0.2) is 67.3 Å². The molecule has 1 atom stereocenters. The first-order valence-corrected chi connectivity index (χ1v) is 22.4. The summed E-state index contributed by atoms with van der Waals surface area (Å²) in [7, 11) is -2.91. The highest BCUT2D eigenvalue weighted by atomic mass is 32.2. The first-order valence-electron chi connectivity index (χ1n) is 21.0. The van der Waals surface area contributed by atoms with Crippen LogP contribution in [-0.2, 0) is 24.6 Å². The van der Waals surface area contributed by atoms with Crippen LogP contribution in [-0.4, -0.2) is 126 Å². The van der Waals surface area contributed by atoms with Gasteiger partial charge in [0.1, 0.15) is 17.5 Å².